The van der Waals surface area contributed by atoms with Crippen molar-refractivity contribution in [2.45, 2.75) is 46.5 Å². The molecule has 0 aliphatic rings. The van der Waals surface area contributed by atoms with Crippen molar-refractivity contribution in [1.82, 2.24) is 4.98 Å². The molecule has 1 heterocycles. The van der Waals surface area contributed by atoms with Gasteiger partial charge >= 0.3 is 0 Å². The zero-order valence-electron chi connectivity index (χ0n) is 21.6. The number of aryl methyl sites for hydroxylation is 1. The van der Waals surface area contributed by atoms with E-state index < -0.39 is 0 Å². The Morgan fingerprint density at radius 3 is 2.28 bits per heavy atom. The molecule has 0 atom stereocenters. The van der Waals surface area contributed by atoms with Gasteiger partial charge in [0.05, 0.1) is 13.7 Å². The average Bonchev–Trinajstić information content (AvgIpc) is 2.86. The lowest BCUT2D eigenvalue weighted by atomic mass is 9.91. The second-order valence-electron chi connectivity index (χ2n) is 10.4. The quantitative estimate of drug-likeness (QED) is 0.242. The van der Waals surface area contributed by atoms with Crippen molar-refractivity contribution >= 4 is 34.1 Å². The Bertz CT molecular complexity index is 1370. The van der Waals surface area contributed by atoms with E-state index in [2.05, 4.69) is 68.2 Å². The van der Waals surface area contributed by atoms with Crippen LogP contribution in [0.5, 0.6) is 5.75 Å². The van der Waals surface area contributed by atoms with Gasteiger partial charge in [0.2, 0.25) is 5.91 Å². The summed E-state index contributed by atoms with van der Waals surface area (Å²) in [5.41, 5.74) is 5.29. The zero-order chi connectivity index (χ0) is 25.9. The molecule has 5 heteroatoms. The predicted octanol–water partition coefficient (Wildman–Crippen LogP) is 7.93. The van der Waals surface area contributed by atoms with Gasteiger partial charge in [-0.1, -0.05) is 63.2 Å². The number of ether oxygens (including phenoxy) is 1. The summed E-state index contributed by atoms with van der Waals surface area (Å²) < 4.78 is 5.39. The van der Waals surface area contributed by atoms with Gasteiger partial charge in [-0.3, -0.25) is 9.69 Å². The molecule has 0 unspecified atom stereocenters. The molecule has 4 rings (SSSR count). The smallest absolute Gasteiger partial charge is 0.229 e. The molecular weight excluding hydrogens is 468 g/mol. The maximum absolute atomic E-state index is 13.6. The number of amides is 1. The monoisotopic (exact) mass is 500 g/mol. The normalized spacial score (nSPS) is 11.5. The van der Waals surface area contributed by atoms with Crippen LogP contribution in [0, 0.1) is 12.3 Å². The van der Waals surface area contributed by atoms with Gasteiger partial charge in [-0.25, -0.2) is 4.98 Å². The largest absolute Gasteiger partial charge is 0.496 e. The van der Waals surface area contributed by atoms with Crippen LogP contribution in [0.3, 0.4) is 0 Å². The number of aromatic nitrogens is 1. The molecule has 0 N–H and O–H groups in total. The Morgan fingerprint density at radius 2 is 1.64 bits per heavy atom. The summed E-state index contributed by atoms with van der Waals surface area (Å²) in [5, 5.41) is 1.97. The minimum atomic E-state index is -0.137. The van der Waals surface area contributed by atoms with Crippen LogP contribution in [0.4, 0.5) is 5.82 Å². The first-order valence-corrected chi connectivity index (χ1v) is 12.7. The van der Waals surface area contributed by atoms with Crippen molar-refractivity contribution in [3.05, 3.63) is 89.6 Å². The summed E-state index contributed by atoms with van der Waals surface area (Å²) in [6.45, 7) is 8.73. The lowest BCUT2D eigenvalue weighted by Gasteiger charge is -2.27. The summed E-state index contributed by atoms with van der Waals surface area (Å²) >= 11 is 6.05. The molecular formula is C31H33ClN2O2. The Hall–Kier alpha value is -3.37. The third-order valence-corrected chi connectivity index (χ3v) is 6.53. The molecule has 1 amide bonds. The summed E-state index contributed by atoms with van der Waals surface area (Å²) in [6, 6.07) is 22.6. The zero-order valence-corrected chi connectivity index (χ0v) is 22.4. The number of methoxy groups -OCH3 is 1. The highest BCUT2D eigenvalue weighted by Gasteiger charge is 2.25. The van der Waals surface area contributed by atoms with E-state index in [0.29, 0.717) is 24.7 Å². The SMILES string of the molecule is COc1ccc(-c2ccc(CN(C(=O)CC(C)(C)C)c3nccc4cc(CCl)ccc34)cc2)cc1C. The summed E-state index contributed by atoms with van der Waals surface area (Å²) in [6.07, 6.45) is 2.19. The number of fused-ring (bicyclic) bond motifs is 1. The minimum absolute atomic E-state index is 0.0544. The van der Waals surface area contributed by atoms with Gasteiger partial charge in [-0.15, -0.1) is 11.6 Å². The highest BCUT2D eigenvalue weighted by atomic mass is 35.5. The number of halogens is 1. The molecule has 0 aliphatic carbocycles. The van der Waals surface area contributed by atoms with Crippen LogP contribution in [-0.4, -0.2) is 18.0 Å². The fraction of sp³-hybridized carbons (Fsp3) is 0.290. The maximum atomic E-state index is 13.6. The van der Waals surface area contributed by atoms with Gasteiger partial charge < -0.3 is 4.74 Å². The third kappa shape index (κ3) is 5.88. The molecule has 3 aromatic carbocycles. The molecule has 0 aliphatic heterocycles. The van der Waals surface area contributed by atoms with Crippen LogP contribution >= 0.6 is 11.6 Å². The van der Waals surface area contributed by atoms with Crippen molar-refractivity contribution in [1.29, 1.82) is 0 Å². The Labute approximate surface area is 218 Å². The molecule has 0 bridgehead atoms. The molecule has 186 valence electrons. The van der Waals surface area contributed by atoms with Crippen LogP contribution < -0.4 is 9.64 Å². The first kappa shape index (κ1) is 25.7. The summed E-state index contributed by atoms with van der Waals surface area (Å²) in [5.74, 6) is 2.06. The Kier molecular flexibility index (Phi) is 7.65. The van der Waals surface area contributed by atoms with E-state index in [0.717, 1.165) is 44.3 Å². The number of hydrogen-bond donors (Lipinski definition) is 0. The van der Waals surface area contributed by atoms with Crippen LogP contribution in [0.1, 0.15) is 43.9 Å². The van der Waals surface area contributed by atoms with E-state index in [9.17, 15) is 4.79 Å². The van der Waals surface area contributed by atoms with E-state index in [4.69, 9.17) is 16.3 Å². The number of alkyl halides is 1. The van der Waals surface area contributed by atoms with E-state index in [1.54, 1.807) is 13.3 Å². The van der Waals surface area contributed by atoms with Crippen molar-refractivity contribution in [2.24, 2.45) is 5.41 Å². The first-order chi connectivity index (χ1) is 17.2. The average molecular weight is 501 g/mol. The number of carbonyl (C=O) groups excluding carboxylic acids is 1. The molecule has 0 saturated carbocycles. The number of nitrogens with zero attached hydrogens (tertiary/aromatic N) is 2. The molecule has 0 spiro atoms. The van der Waals surface area contributed by atoms with Crippen LogP contribution in [-0.2, 0) is 17.2 Å². The van der Waals surface area contributed by atoms with Gasteiger partial charge in [-0.05, 0) is 69.8 Å². The van der Waals surface area contributed by atoms with Gasteiger partial charge in [0, 0.05) is 23.9 Å². The molecule has 4 nitrogen and oxygen atoms in total. The molecule has 36 heavy (non-hydrogen) atoms. The Balaban J connectivity index is 1.68. The van der Waals surface area contributed by atoms with Crippen molar-refractivity contribution in [3.8, 4) is 16.9 Å². The Morgan fingerprint density at radius 1 is 0.944 bits per heavy atom. The van der Waals surface area contributed by atoms with Crippen molar-refractivity contribution < 1.29 is 9.53 Å². The molecule has 0 saturated heterocycles. The maximum Gasteiger partial charge on any atom is 0.229 e. The fourth-order valence-corrected chi connectivity index (χ4v) is 4.55. The lowest BCUT2D eigenvalue weighted by Crippen LogP contribution is -2.34. The fourth-order valence-electron chi connectivity index (χ4n) is 4.38. The van der Waals surface area contributed by atoms with E-state index >= 15 is 0 Å². The van der Waals surface area contributed by atoms with Gasteiger partial charge in [-0.2, -0.15) is 0 Å². The van der Waals surface area contributed by atoms with Gasteiger partial charge in [0.15, 0.2) is 0 Å². The van der Waals surface area contributed by atoms with Crippen molar-refractivity contribution in [2.75, 3.05) is 12.0 Å². The number of benzene rings is 3. The standard InChI is InChI=1S/C31H33ClN2O2/c1-21-16-25(11-13-28(21)36-5)24-9-6-22(7-10-24)20-34(29(35)18-31(2,3)4)30-27-12-8-23(19-32)17-26(27)14-15-33-30/h6-17H,18-20H2,1-5H3. The minimum Gasteiger partial charge on any atom is -0.496 e. The summed E-state index contributed by atoms with van der Waals surface area (Å²) in [7, 11) is 1.69. The van der Waals surface area contributed by atoms with E-state index in [1.165, 1.54) is 0 Å². The third-order valence-electron chi connectivity index (χ3n) is 6.22. The second-order valence-corrected chi connectivity index (χ2v) is 10.7. The predicted molar refractivity (Wildman–Crippen MR) is 150 cm³/mol. The number of anilines is 1. The lowest BCUT2D eigenvalue weighted by molar-refractivity contribution is -0.120. The number of pyridine rings is 1. The summed E-state index contributed by atoms with van der Waals surface area (Å²) in [4.78, 5) is 20.1. The van der Waals surface area contributed by atoms with E-state index in [-0.39, 0.29) is 11.3 Å². The van der Waals surface area contributed by atoms with Crippen LogP contribution in [0.25, 0.3) is 21.9 Å². The number of hydrogen-bond acceptors (Lipinski definition) is 3. The van der Waals surface area contributed by atoms with Crippen molar-refractivity contribution in [3.63, 3.8) is 0 Å². The van der Waals surface area contributed by atoms with Crippen LogP contribution in [0.15, 0.2) is 72.9 Å². The van der Waals surface area contributed by atoms with Gasteiger partial charge in [0.25, 0.3) is 0 Å². The number of rotatable bonds is 7. The molecule has 0 fully saturated rings. The first-order valence-electron chi connectivity index (χ1n) is 12.2. The number of carbonyl (C=O) groups is 1. The highest BCUT2D eigenvalue weighted by Crippen LogP contribution is 2.31. The van der Waals surface area contributed by atoms with Gasteiger partial charge in [0.1, 0.15) is 11.6 Å². The second kappa shape index (κ2) is 10.7. The van der Waals surface area contributed by atoms with E-state index in [1.807, 2.05) is 36.1 Å². The highest BCUT2D eigenvalue weighted by molar-refractivity contribution is 6.17. The molecule has 1 aromatic heterocycles. The van der Waals surface area contributed by atoms with Crippen LogP contribution in [0.2, 0.25) is 0 Å². The molecule has 0 radical (unpaired) electrons. The molecule has 4 aromatic rings. The topological polar surface area (TPSA) is 42.4 Å².